The molecule has 1 amide bonds. The normalized spacial score (nSPS) is 10.4. The van der Waals surface area contributed by atoms with E-state index in [0.29, 0.717) is 19.8 Å². The Kier molecular flexibility index (Phi) is 7.01. The quantitative estimate of drug-likeness (QED) is 0.620. The van der Waals surface area contributed by atoms with Gasteiger partial charge in [0.25, 0.3) is 5.91 Å². The molecule has 1 aromatic heterocycles. The van der Waals surface area contributed by atoms with Crippen LogP contribution in [0.3, 0.4) is 0 Å². The molecule has 0 fully saturated rings. The van der Waals surface area contributed by atoms with Gasteiger partial charge in [-0.05, 0) is 18.6 Å². The van der Waals surface area contributed by atoms with Crippen LogP contribution in [0.2, 0.25) is 10.2 Å². The van der Waals surface area contributed by atoms with E-state index in [1.807, 2.05) is 0 Å². The maximum atomic E-state index is 11.7. The molecule has 0 bridgehead atoms. The molecule has 6 heteroatoms. The highest BCUT2D eigenvalue weighted by Crippen LogP contribution is 2.16. The fraction of sp³-hybridized carbons (Fsp3) is 0.500. The first-order valence-electron chi connectivity index (χ1n) is 5.83. The van der Waals surface area contributed by atoms with Gasteiger partial charge in [0, 0.05) is 13.2 Å². The number of amides is 1. The van der Waals surface area contributed by atoms with Crippen molar-refractivity contribution in [2.24, 2.45) is 0 Å². The van der Waals surface area contributed by atoms with Gasteiger partial charge in [0.2, 0.25) is 0 Å². The van der Waals surface area contributed by atoms with Crippen LogP contribution in [0, 0.1) is 0 Å². The first kappa shape index (κ1) is 15.2. The van der Waals surface area contributed by atoms with Crippen molar-refractivity contribution >= 4 is 29.1 Å². The highest BCUT2D eigenvalue weighted by Gasteiger charge is 2.11. The fourth-order valence-electron chi connectivity index (χ4n) is 1.25. The van der Waals surface area contributed by atoms with E-state index >= 15 is 0 Å². The van der Waals surface area contributed by atoms with Crippen LogP contribution in [0.1, 0.15) is 30.3 Å². The summed E-state index contributed by atoms with van der Waals surface area (Å²) in [5, 5.41) is 3.20. The predicted octanol–water partition coefficient (Wildman–Crippen LogP) is 2.93. The third kappa shape index (κ3) is 5.21. The molecule has 0 spiro atoms. The van der Waals surface area contributed by atoms with E-state index in [-0.39, 0.29) is 21.8 Å². The lowest BCUT2D eigenvalue weighted by Gasteiger charge is -2.07. The van der Waals surface area contributed by atoms with Gasteiger partial charge in [-0.3, -0.25) is 4.79 Å². The molecule has 4 nitrogen and oxygen atoms in total. The fourth-order valence-corrected chi connectivity index (χ4v) is 1.59. The van der Waals surface area contributed by atoms with Crippen molar-refractivity contribution in [2.75, 3.05) is 19.8 Å². The number of pyridine rings is 1. The summed E-state index contributed by atoms with van der Waals surface area (Å²) in [5.41, 5.74) is 0.137. The van der Waals surface area contributed by atoms with Gasteiger partial charge in [-0.1, -0.05) is 36.5 Å². The second kappa shape index (κ2) is 8.29. The zero-order valence-electron chi connectivity index (χ0n) is 10.2. The first-order chi connectivity index (χ1) is 8.65. The maximum Gasteiger partial charge on any atom is 0.271 e. The maximum absolute atomic E-state index is 11.7. The molecule has 1 rings (SSSR count). The molecular weight excluding hydrogens is 275 g/mol. The largest absolute Gasteiger partial charge is 0.380 e. The van der Waals surface area contributed by atoms with E-state index in [0.717, 1.165) is 12.8 Å². The monoisotopic (exact) mass is 290 g/mol. The number of nitrogens with zero attached hydrogens (tertiary/aromatic N) is 1. The van der Waals surface area contributed by atoms with Gasteiger partial charge in [-0.2, -0.15) is 0 Å². The third-order valence-corrected chi connectivity index (χ3v) is 2.72. The molecule has 0 saturated carbocycles. The number of aromatic nitrogens is 1. The minimum Gasteiger partial charge on any atom is -0.380 e. The summed E-state index contributed by atoms with van der Waals surface area (Å²) >= 11 is 11.6. The standard InChI is InChI=1S/C12H16Cl2N2O2/c1-2-3-7-18-8-6-15-12(17)11-9(13)4-5-10(14)16-11/h4-5H,2-3,6-8H2,1H3,(H,15,17). The van der Waals surface area contributed by atoms with Crippen LogP contribution in [-0.4, -0.2) is 30.6 Å². The Bertz CT molecular complexity index is 400. The van der Waals surface area contributed by atoms with E-state index in [4.69, 9.17) is 27.9 Å². The molecule has 100 valence electrons. The SMILES string of the molecule is CCCCOCCNC(=O)c1nc(Cl)ccc1Cl. The minimum atomic E-state index is -0.346. The molecule has 0 unspecified atom stereocenters. The van der Waals surface area contributed by atoms with E-state index in [1.165, 1.54) is 6.07 Å². The summed E-state index contributed by atoms with van der Waals surface area (Å²) in [4.78, 5) is 15.6. The van der Waals surface area contributed by atoms with Crippen molar-refractivity contribution in [3.05, 3.63) is 28.0 Å². The van der Waals surface area contributed by atoms with Crippen LogP contribution in [0.4, 0.5) is 0 Å². The molecule has 0 aliphatic heterocycles. The van der Waals surface area contributed by atoms with E-state index in [9.17, 15) is 4.79 Å². The Morgan fingerprint density at radius 3 is 2.89 bits per heavy atom. The Balaban J connectivity index is 2.34. The van der Waals surface area contributed by atoms with Gasteiger partial charge >= 0.3 is 0 Å². The Morgan fingerprint density at radius 2 is 2.17 bits per heavy atom. The van der Waals surface area contributed by atoms with Crippen molar-refractivity contribution in [1.29, 1.82) is 0 Å². The lowest BCUT2D eigenvalue weighted by atomic mass is 10.3. The second-order valence-corrected chi connectivity index (χ2v) is 4.48. The minimum absolute atomic E-state index is 0.137. The first-order valence-corrected chi connectivity index (χ1v) is 6.58. The topological polar surface area (TPSA) is 51.2 Å². The molecule has 18 heavy (non-hydrogen) atoms. The second-order valence-electron chi connectivity index (χ2n) is 3.69. The van der Waals surface area contributed by atoms with Crippen LogP contribution >= 0.6 is 23.2 Å². The van der Waals surface area contributed by atoms with E-state index in [2.05, 4.69) is 17.2 Å². The van der Waals surface area contributed by atoms with Crippen molar-refractivity contribution in [2.45, 2.75) is 19.8 Å². The van der Waals surface area contributed by atoms with Gasteiger partial charge in [0.1, 0.15) is 10.8 Å². The number of halogens is 2. The average molecular weight is 291 g/mol. The van der Waals surface area contributed by atoms with Crippen molar-refractivity contribution in [3.8, 4) is 0 Å². The zero-order chi connectivity index (χ0) is 13.4. The molecule has 0 aliphatic rings. The van der Waals surface area contributed by atoms with Crippen LogP contribution in [0.25, 0.3) is 0 Å². The molecular formula is C12H16Cl2N2O2. The van der Waals surface area contributed by atoms with Gasteiger partial charge in [-0.25, -0.2) is 4.98 Å². The summed E-state index contributed by atoms with van der Waals surface area (Å²) in [5.74, 6) is -0.346. The number of carbonyl (C=O) groups excluding carboxylic acids is 1. The number of hydrogen-bond donors (Lipinski definition) is 1. The Hall–Kier alpha value is -0.840. The predicted molar refractivity (Wildman–Crippen MR) is 72.3 cm³/mol. The summed E-state index contributed by atoms with van der Waals surface area (Å²) in [7, 11) is 0. The number of unbranched alkanes of at least 4 members (excludes halogenated alkanes) is 1. The summed E-state index contributed by atoms with van der Waals surface area (Å²) < 4.78 is 5.32. The molecule has 1 aromatic rings. The van der Waals surface area contributed by atoms with Crippen molar-refractivity contribution in [1.82, 2.24) is 10.3 Å². The lowest BCUT2D eigenvalue weighted by Crippen LogP contribution is -2.28. The Labute approximate surface area is 117 Å². The van der Waals surface area contributed by atoms with Crippen LogP contribution in [-0.2, 0) is 4.74 Å². The molecule has 0 atom stereocenters. The highest BCUT2D eigenvalue weighted by molar-refractivity contribution is 6.34. The van der Waals surface area contributed by atoms with Crippen LogP contribution < -0.4 is 5.32 Å². The van der Waals surface area contributed by atoms with Gasteiger partial charge in [0.15, 0.2) is 0 Å². The summed E-state index contributed by atoms with van der Waals surface area (Å²) in [6.45, 7) is 3.71. The van der Waals surface area contributed by atoms with E-state index < -0.39 is 0 Å². The number of rotatable bonds is 7. The number of hydrogen-bond acceptors (Lipinski definition) is 3. The average Bonchev–Trinajstić information content (AvgIpc) is 2.36. The zero-order valence-corrected chi connectivity index (χ0v) is 11.7. The molecule has 0 aliphatic carbocycles. The number of nitrogens with one attached hydrogen (secondary N) is 1. The Morgan fingerprint density at radius 1 is 1.39 bits per heavy atom. The van der Waals surface area contributed by atoms with Gasteiger partial charge in [-0.15, -0.1) is 0 Å². The smallest absolute Gasteiger partial charge is 0.271 e. The van der Waals surface area contributed by atoms with E-state index in [1.54, 1.807) is 6.07 Å². The number of ether oxygens (including phenoxy) is 1. The van der Waals surface area contributed by atoms with Crippen LogP contribution in [0.5, 0.6) is 0 Å². The van der Waals surface area contributed by atoms with Crippen molar-refractivity contribution < 1.29 is 9.53 Å². The molecule has 0 radical (unpaired) electrons. The lowest BCUT2D eigenvalue weighted by molar-refractivity contribution is 0.0908. The van der Waals surface area contributed by atoms with Crippen molar-refractivity contribution in [3.63, 3.8) is 0 Å². The molecule has 1 N–H and O–H groups in total. The molecule has 0 aromatic carbocycles. The number of carbonyl (C=O) groups is 1. The molecule has 1 heterocycles. The van der Waals surface area contributed by atoms with Gasteiger partial charge in [0.05, 0.1) is 11.6 Å². The third-order valence-electron chi connectivity index (χ3n) is 2.20. The highest BCUT2D eigenvalue weighted by atomic mass is 35.5. The van der Waals surface area contributed by atoms with Gasteiger partial charge < -0.3 is 10.1 Å². The molecule has 0 saturated heterocycles. The summed E-state index contributed by atoms with van der Waals surface area (Å²) in [6, 6.07) is 3.08. The summed E-state index contributed by atoms with van der Waals surface area (Å²) in [6.07, 6.45) is 2.12. The van der Waals surface area contributed by atoms with Crippen LogP contribution in [0.15, 0.2) is 12.1 Å².